The van der Waals surface area contributed by atoms with Crippen LogP contribution in [0.3, 0.4) is 0 Å². The zero-order valence-corrected chi connectivity index (χ0v) is 15.8. The van der Waals surface area contributed by atoms with Crippen LogP contribution >= 0.6 is 11.3 Å². The number of hydrogen-bond acceptors (Lipinski definition) is 3. The molecule has 1 aliphatic heterocycles. The molecular weight excluding hydrogens is 320 g/mol. The first-order chi connectivity index (χ1) is 11.7. The summed E-state index contributed by atoms with van der Waals surface area (Å²) in [6, 6.07) is 2.14. The van der Waals surface area contributed by atoms with Crippen molar-refractivity contribution in [2.45, 2.75) is 52.5 Å². The Morgan fingerprint density at radius 1 is 1.33 bits per heavy atom. The van der Waals surface area contributed by atoms with Gasteiger partial charge in [0.15, 0.2) is 5.96 Å². The van der Waals surface area contributed by atoms with E-state index in [1.54, 1.807) is 11.3 Å². The molecule has 134 valence electrons. The van der Waals surface area contributed by atoms with Crippen LogP contribution in [-0.2, 0) is 17.8 Å². The molecule has 5 nitrogen and oxygen atoms in total. The van der Waals surface area contributed by atoms with E-state index in [-0.39, 0.29) is 5.91 Å². The minimum atomic E-state index is 0.223. The number of nitrogens with one attached hydrogen (secondary N) is 2. The van der Waals surface area contributed by atoms with E-state index in [1.165, 1.54) is 23.3 Å². The van der Waals surface area contributed by atoms with Crippen LogP contribution in [0.2, 0.25) is 0 Å². The van der Waals surface area contributed by atoms with Crippen molar-refractivity contribution < 1.29 is 4.79 Å². The fourth-order valence-electron chi connectivity index (χ4n) is 2.80. The lowest BCUT2D eigenvalue weighted by atomic mass is 10.1. The molecule has 1 aromatic rings. The van der Waals surface area contributed by atoms with Gasteiger partial charge in [0.05, 0.1) is 0 Å². The van der Waals surface area contributed by atoms with Crippen molar-refractivity contribution in [1.82, 2.24) is 15.5 Å². The molecule has 0 saturated carbocycles. The minimum absolute atomic E-state index is 0.223. The molecular formula is C18H30N4OS. The third-order valence-electron chi connectivity index (χ3n) is 4.17. The number of unbranched alkanes of at least 4 members (excludes halogenated alkanes) is 2. The quantitative estimate of drug-likeness (QED) is 0.431. The smallest absolute Gasteiger partial charge is 0.224 e. The van der Waals surface area contributed by atoms with Crippen LogP contribution in [0.5, 0.6) is 0 Å². The molecule has 2 N–H and O–H groups in total. The van der Waals surface area contributed by atoms with Crippen LogP contribution in [0.25, 0.3) is 0 Å². The number of thiophene rings is 1. The van der Waals surface area contributed by atoms with E-state index in [2.05, 4.69) is 40.9 Å². The Kier molecular flexibility index (Phi) is 8.08. The maximum atomic E-state index is 12.4. The first-order valence-corrected chi connectivity index (χ1v) is 9.97. The van der Waals surface area contributed by atoms with Gasteiger partial charge < -0.3 is 15.5 Å². The molecule has 6 heteroatoms. The molecule has 0 bridgehead atoms. The molecule has 0 radical (unpaired) electrons. The third kappa shape index (κ3) is 5.82. The van der Waals surface area contributed by atoms with Gasteiger partial charge in [0.25, 0.3) is 0 Å². The predicted octanol–water partition coefficient (Wildman–Crippen LogP) is 2.77. The van der Waals surface area contributed by atoms with E-state index in [0.717, 1.165) is 45.0 Å². The molecule has 0 atom stereocenters. The lowest BCUT2D eigenvalue weighted by molar-refractivity contribution is -0.131. The standard InChI is InChI=1S/C18H30N4OS/c1-3-5-6-10-20-18(19-4-2)21-11-7-17(23)22-12-8-16-15(14-22)9-13-24-16/h9,13H,3-8,10-12,14H2,1-2H3,(H2,19,20,21). The molecule has 24 heavy (non-hydrogen) atoms. The van der Waals surface area contributed by atoms with Crippen molar-refractivity contribution in [3.05, 3.63) is 21.9 Å². The van der Waals surface area contributed by atoms with Crippen LogP contribution in [0.4, 0.5) is 0 Å². The van der Waals surface area contributed by atoms with Gasteiger partial charge in [-0.1, -0.05) is 19.8 Å². The van der Waals surface area contributed by atoms with Gasteiger partial charge in [0.2, 0.25) is 5.91 Å². The SMILES string of the molecule is CCCCCN=C(NCC)NCCC(=O)N1CCc2sccc2C1. The highest BCUT2D eigenvalue weighted by molar-refractivity contribution is 7.10. The summed E-state index contributed by atoms with van der Waals surface area (Å²) in [5, 5.41) is 8.64. The molecule has 0 fully saturated rings. The predicted molar refractivity (Wildman–Crippen MR) is 102 cm³/mol. The lowest BCUT2D eigenvalue weighted by Crippen LogP contribution is -2.41. The van der Waals surface area contributed by atoms with Gasteiger partial charge >= 0.3 is 0 Å². The number of rotatable bonds is 8. The van der Waals surface area contributed by atoms with Gasteiger partial charge in [-0.3, -0.25) is 9.79 Å². The maximum absolute atomic E-state index is 12.4. The molecule has 0 unspecified atom stereocenters. The molecule has 1 aromatic heterocycles. The zero-order valence-electron chi connectivity index (χ0n) is 14.9. The van der Waals surface area contributed by atoms with E-state index >= 15 is 0 Å². The van der Waals surface area contributed by atoms with Crippen molar-refractivity contribution in [2.24, 2.45) is 4.99 Å². The topological polar surface area (TPSA) is 56.7 Å². The molecule has 0 saturated heterocycles. The summed E-state index contributed by atoms with van der Waals surface area (Å²) in [5.74, 6) is 1.04. The van der Waals surface area contributed by atoms with Gasteiger partial charge in [0.1, 0.15) is 0 Å². The molecule has 0 spiro atoms. The first kappa shape index (κ1) is 18.8. The highest BCUT2D eigenvalue weighted by atomic mass is 32.1. The molecule has 2 heterocycles. The average molecular weight is 351 g/mol. The summed E-state index contributed by atoms with van der Waals surface area (Å²) < 4.78 is 0. The van der Waals surface area contributed by atoms with Crippen LogP contribution in [0.1, 0.15) is 50.0 Å². The number of aliphatic imine (C=N–C) groups is 1. The molecule has 0 aromatic carbocycles. The third-order valence-corrected chi connectivity index (χ3v) is 5.19. The number of carbonyl (C=O) groups is 1. The molecule has 0 aliphatic carbocycles. The lowest BCUT2D eigenvalue weighted by Gasteiger charge is -2.27. The number of hydrogen-bond donors (Lipinski definition) is 2. The van der Waals surface area contributed by atoms with Gasteiger partial charge in [-0.25, -0.2) is 0 Å². The number of carbonyl (C=O) groups excluding carboxylic acids is 1. The Bertz CT molecular complexity index is 541. The largest absolute Gasteiger partial charge is 0.357 e. The van der Waals surface area contributed by atoms with Crippen molar-refractivity contribution in [3.63, 3.8) is 0 Å². The van der Waals surface area contributed by atoms with E-state index in [1.807, 2.05) is 4.90 Å². The minimum Gasteiger partial charge on any atom is -0.357 e. The van der Waals surface area contributed by atoms with Gasteiger partial charge in [-0.15, -0.1) is 11.3 Å². The summed E-state index contributed by atoms with van der Waals surface area (Å²) in [6.07, 6.45) is 5.03. The Morgan fingerprint density at radius 3 is 3.00 bits per heavy atom. The van der Waals surface area contributed by atoms with Crippen molar-refractivity contribution >= 4 is 23.2 Å². The number of amides is 1. The first-order valence-electron chi connectivity index (χ1n) is 9.09. The summed E-state index contributed by atoms with van der Waals surface area (Å²) >= 11 is 1.80. The monoisotopic (exact) mass is 350 g/mol. The fraction of sp³-hybridized carbons (Fsp3) is 0.667. The molecule has 2 rings (SSSR count). The second-order valence-electron chi connectivity index (χ2n) is 6.08. The maximum Gasteiger partial charge on any atom is 0.224 e. The summed E-state index contributed by atoms with van der Waals surface area (Å²) in [5.41, 5.74) is 1.32. The second kappa shape index (κ2) is 10.3. The zero-order chi connectivity index (χ0) is 17.2. The second-order valence-corrected chi connectivity index (χ2v) is 7.08. The number of guanidine groups is 1. The van der Waals surface area contributed by atoms with E-state index in [0.29, 0.717) is 13.0 Å². The van der Waals surface area contributed by atoms with Gasteiger partial charge in [0, 0.05) is 44.0 Å². The number of fused-ring (bicyclic) bond motifs is 1. The molecule has 1 amide bonds. The summed E-state index contributed by atoms with van der Waals surface area (Å²) in [7, 11) is 0. The summed E-state index contributed by atoms with van der Waals surface area (Å²) in [4.78, 5) is 20.4. The normalized spacial score (nSPS) is 14.4. The van der Waals surface area contributed by atoms with Crippen LogP contribution in [0, 0.1) is 0 Å². The Hall–Kier alpha value is -1.56. The van der Waals surface area contributed by atoms with E-state index in [4.69, 9.17) is 0 Å². The van der Waals surface area contributed by atoms with E-state index < -0.39 is 0 Å². The van der Waals surface area contributed by atoms with Crippen molar-refractivity contribution in [3.8, 4) is 0 Å². The van der Waals surface area contributed by atoms with Gasteiger partial charge in [-0.05, 0) is 36.8 Å². The fourth-order valence-corrected chi connectivity index (χ4v) is 3.69. The number of nitrogens with zero attached hydrogens (tertiary/aromatic N) is 2. The van der Waals surface area contributed by atoms with Gasteiger partial charge in [-0.2, -0.15) is 0 Å². The van der Waals surface area contributed by atoms with E-state index in [9.17, 15) is 4.79 Å². The van der Waals surface area contributed by atoms with Crippen LogP contribution in [0.15, 0.2) is 16.4 Å². The van der Waals surface area contributed by atoms with Crippen molar-refractivity contribution in [1.29, 1.82) is 0 Å². The van der Waals surface area contributed by atoms with Crippen LogP contribution in [-0.4, -0.2) is 42.9 Å². The summed E-state index contributed by atoms with van der Waals surface area (Å²) in [6.45, 7) is 8.16. The average Bonchev–Trinajstić information content (AvgIpc) is 3.06. The van der Waals surface area contributed by atoms with Crippen molar-refractivity contribution in [2.75, 3.05) is 26.2 Å². The van der Waals surface area contributed by atoms with Crippen LogP contribution < -0.4 is 10.6 Å². The molecule has 1 aliphatic rings. The Morgan fingerprint density at radius 2 is 2.21 bits per heavy atom. The highest BCUT2D eigenvalue weighted by Gasteiger charge is 2.20. The highest BCUT2D eigenvalue weighted by Crippen LogP contribution is 2.24. The Balaban J connectivity index is 1.72. The Labute approximate surface area is 149 Å².